The molecule has 29 heavy (non-hydrogen) atoms. The van der Waals surface area contributed by atoms with E-state index in [1.54, 1.807) is 0 Å². The normalized spacial score (nSPS) is 23.8. The Kier molecular flexibility index (Phi) is 4.49. The Balaban J connectivity index is 1.86. The summed E-state index contributed by atoms with van der Waals surface area (Å²) in [4.78, 5) is 0. The lowest BCUT2D eigenvalue weighted by Gasteiger charge is -2.46. The van der Waals surface area contributed by atoms with E-state index in [2.05, 4.69) is 94.7 Å². The number of allylic oxidation sites excluding steroid dienone is 1. The summed E-state index contributed by atoms with van der Waals surface area (Å²) >= 11 is 0. The van der Waals surface area contributed by atoms with Crippen LogP contribution in [0, 0.1) is 0 Å². The largest absolute Gasteiger partial charge is 0.494 e. The second-order valence-electron chi connectivity index (χ2n) is 10.1. The van der Waals surface area contributed by atoms with Crippen molar-refractivity contribution in [3.05, 3.63) is 59.2 Å². The second-order valence-corrected chi connectivity index (χ2v) is 10.1. The maximum absolute atomic E-state index is 5.84. The molecule has 0 aliphatic carbocycles. The Bertz CT molecular complexity index is 986. The van der Waals surface area contributed by atoms with Crippen LogP contribution in [0.4, 0.5) is 11.4 Å². The van der Waals surface area contributed by atoms with Crippen molar-refractivity contribution in [2.75, 3.05) is 17.2 Å². The van der Waals surface area contributed by atoms with Gasteiger partial charge in [0.05, 0.1) is 12.1 Å². The summed E-state index contributed by atoms with van der Waals surface area (Å²) in [6, 6.07) is 13.4. The van der Waals surface area contributed by atoms with Gasteiger partial charge in [0.25, 0.3) is 0 Å². The van der Waals surface area contributed by atoms with Gasteiger partial charge in [0.1, 0.15) is 5.75 Å². The topological polar surface area (TPSA) is 33.3 Å². The molecule has 0 spiro atoms. The van der Waals surface area contributed by atoms with Crippen LogP contribution in [0.1, 0.15) is 71.6 Å². The highest BCUT2D eigenvalue weighted by Crippen LogP contribution is 2.49. The predicted molar refractivity (Wildman–Crippen MR) is 124 cm³/mol. The maximum atomic E-state index is 5.84. The van der Waals surface area contributed by atoms with E-state index in [1.165, 1.54) is 33.6 Å². The molecule has 2 aromatic rings. The van der Waals surface area contributed by atoms with Crippen molar-refractivity contribution in [2.24, 2.45) is 0 Å². The lowest BCUT2D eigenvalue weighted by Crippen LogP contribution is -2.45. The second kappa shape index (κ2) is 6.55. The van der Waals surface area contributed by atoms with E-state index >= 15 is 0 Å². The molecule has 0 saturated carbocycles. The van der Waals surface area contributed by atoms with Gasteiger partial charge in [-0.15, -0.1) is 0 Å². The van der Waals surface area contributed by atoms with Gasteiger partial charge in [-0.3, -0.25) is 0 Å². The zero-order valence-electron chi connectivity index (χ0n) is 18.9. The predicted octanol–water partition coefficient (Wildman–Crippen LogP) is 6.59. The van der Waals surface area contributed by atoms with Crippen LogP contribution in [0.2, 0.25) is 0 Å². The number of anilines is 2. The summed E-state index contributed by atoms with van der Waals surface area (Å²) in [7, 11) is 0. The molecule has 0 bridgehead atoms. The van der Waals surface area contributed by atoms with E-state index in [1.807, 2.05) is 6.92 Å². The lowest BCUT2D eigenvalue weighted by atomic mass is 9.65. The van der Waals surface area contributed by atoms with Crippen LogP contribution in [0.15, 0.2) is 42.5 Å². The van der Waals surface area contributed by atoms with E-state index in [0.29, 0.717) is 6.61 Å². The van der Waals surface area contributed by atoms with Crippen LogP contribution in [0.25, 0.3) is 5.57 Å². The number of hydrogen-bond acceptors (Lipinski definition) is 3. The zero-order valence-corrected chi connectivity index (χ0v) is 18.9. The van der Waals surface area contributed by atoms with E-state index in [0.717, 1.165) is 12.2 Å². The quantitative estimate of drug-likeness (QED) is 0.620. The third kappa shape index (κ3) is 3.52. The molecule has 154 valence electrons. The van der Waals surface area contributed by atoms with Gasteiger partial charge in [0.15, 0.2) is 0 Å². The smallest absolute Gasteiger partial charge is 0.119 e. The highest BCUT2D eigenvalue weighted by molar-refractivity contribution is 5.81. The molecule has 0 saturated heterocycles. The molecule has 2 aliphatic heterocycles. The van der Waals surface area contributed by atoms with Crippen LogP contribution in [-0.2, 0) is 5.41 Å². The van der Waals surface area contributed by atoms with Crippen LogP contribution in [0.5, 0.6) is 5.75 Å². The summed E-state index contributed by atoms with van der Waals surface area (Å²) < 4.78 is 5.84. The molecule has 3 nitrogen and oxygen atoms in total. The van der Waals surface area contributed by atoms with Crippen LogP contribution >= 0.6 is 0 Å². The Hall–Kier alpha value is -2.42. The van der Waals surface area contributed by atoms with Gasteiger partial charge in [0, 0.05) is 27.9 Å². The zero-order chi connectivity index (χ0) is 21.0. The van der Waals surface area contributed by atoms with Gasteiger partial charge >= 0.3 is 0 Å². The number of ether oxygens (including phenoxy) is 1. The number of benzene rings is 2. The van der Waals surface area contributed by atoms with Crippen LogP contribution in [-0.4, -0.2) is 17.7 Å². The summed E-state index contributed by atoms with van der Waals surface area (Å²) in [5, 5.41) is 7.39. The lowest BCUT2D eigenvalue weighted by molar-refractivity contribution is 0.335. The summed E-state index contributed by atoms with van der Waals surface area (Å²) in [6.45, 7) is 16.3. The van der Waals surface area contributed by atoms with E-state index in [9.17, 15) is 0 Å². The molecule has 1 unspecified atom stereocenters. The first kappa shape index (κ1) is 19.9. The number of nitrogens with one attached hydrogen (secondary N) is 2. The first-order valence-corrected chi connectivity index (χ1v) is 10.7. The standard InChI is InChI=1S/C26H34N2O/c1-8-29-19-10-12-23-21(14-19)26(7,16-25(5,6)28-23)18-9-11-22-20(13-18)17(2)15-24(3,4)27-22/h9-15,27-28H,8,16H2,1-7H3. The van der Waals surface area contributed by atoms with Gasteiger partial charge in [-0.1, -0.05) is 19.1 Å². The Labute approximate surface area is 175 Å². The molecule has 1 atom stereocenters. The van der Waals surface area contributed by atoms with Gasteiger partial charge < -0.3 is 15.4 Å². The minimum atomic E-state index is -0.0977. The van der Waals surface area contributed by atoms with E-state index in [-0.39, 0.29) is 16.5 Å². The fourth-order valence-electron chi connectivity index (χ4n) is 5.32. The first-order valence-electron chi connectivity index (χ1n) is 10.7. The number of fused-ring (bicyclic) bond motifs is 2. The number of hydrogen-bond donors (Lipinski definition) is 2. The van der Waals surface area contributed by atoms with Crippen molar-refractivity contribution in [2.45, 2.75) is 71.4 Å². The SMILES string of the molecule is CCOc1ccc2c(c1)C(C)(c1ccc3c(c1)C(C)=CC(C)(C)N3)CC(C)(C)N2. The number of rotatable bonds is 3. The minimum absolute atomic E-state index is 0.00983. The molecule has 2 N–H and O–H groups in total. The molecule has 2 aromatic carbocycles. The summed E-state index contributed by atoms with van der Waals surface area (Å²) in [5.74, 6) is 0.941. The molecule has 0 aromatic heterocycles. The molecule has 0 radical (unpaired) electrons. The van der Waals surface area contributed by atoms with Crippen molar-refractivity contribution in [3.8, 4) is 5.75 Å². The van der Waals surface area contributed by atoms with Crippen molar-refractivity contribution in [3.63, 3.8) is 0 Å². The van der Waals surface area contributed by atoms with Crippen molar-refractivity contribution >= 4 is 16.9 Å². The van der Waals surface area contributed by atoms with Gasteiger partial charge in [-0.2, -0.15) is 0 Å². The molecule has 4 rings (SSSR count). The van der Waals surface area contributed by atoms with Crippen molar-refractivity contribution < 1.29 is 4.74 Å². The van der Waals surface area contributed by atoms with Crippen molar-refractivity contribution in [1.29, 1.82) is 0 Å². The van der Waals surface area contributed by atoms with E-state index < -0.39 is 0 Å². The molecular weight excluding hydrogens is 356 g/mol. The molecular formula is C26H34N2O. The Morgan fingerprint density at radius 2 is 1.66 bits per heavy atom. The molecule has 0 fully saturated rings. The first-order chi connectivity index (χ1) is 13.5. The van der Waals surface area contributed by atoms with Gasteiger partial charge in [0.2, 0.25) is 0 Å². The third-order valence-corrected chi connectivity index (χ3v) is 6.28. The van der Waals surface area contributed by atoms with Crippen LogP contribution < -0.4 is 15.4 Å². The highest BCUT2D eigenvalue weighted by atomic mass is 16.5. The Morgan fingerprint density at radius 1 is 0.931 bits per heavy atom. The highest BCUT2D eigenvalue weighted by Gasteiger charge is 2.42. The summed E-state index contributed by atoms with van der Waals surface area (Å²) in [6.07, 6.45) is 3.35. The van der Waals surface area contributed by atoms with E-state index in [4.69, 9.17) is 4.74 Å². The summed E-state index contributed by atoms with van der Waals surface area (Å²) in [5.41, 5.74) is 7.64. The molecule has 0 amide bonds. The fraction of sp³-hybridized carbons (Fsp3) is 0.462. The minimum Gasteiger partial charge on any atom is -0.494 e. The maximum Gasteiger partial charge on any atom is 0.119 e. The van der Waals surface area contributed by atoms with Crippen LogP contribution in [0.3, 0.4) is 0 Å². The monoisotopic (exact) mass is 390 g/mol. The average Bonchev–Trinajstić information content (AvgIpc) is 2.60. The molecule has 2 aliphatic rings. The average molecular weight is 391 g/mol. The van der Waals surface area contributed by atoms with Crippen molar-refractivity contribution in [1.82, 2.24) is 0 Å². The fourth-order valence-corrected chi connectivity index (χ4v) is 5.32. The van der Waals surface area contributed by atoms with Gasteiger partial charge in [-0.05, 0) is 95.0 Å². The molecule has 3 heteroatoms. The third-order valence-electron chi connectivity index (χ3n) is 6.28. The molecule has 2 heterocycles. The Morgan fingerprint density at radius 3 is 2.38 bits per heavy atom. The van der Waals surface area contributed by atoms with Gasteiger partial charge in [-0.25, -0.2) is 0 Å².